The van der Waals surface area contributed by atoms with Crippen molar-refractivity contribution in [1.29, 1.82) is 0 Å². The van der Waals surface area contributed by atoms with Gasteiger partial charge in [0.2, 0.25) is 5.09 Å². The Hall–Kier alpha value is -2.32. The van der Waals surface area contributed by atoms with Crippen molar-refractivity contribution < 1.29 is 12.8 Å². The van der Waals surface area contributed by atoms with Gasteiger partial charge in [-0.3, -0.25) is 5.10 Å². The molecule has 1 aromatic carbocycles. The highest BCUT2D eigenvalue weighted by atomic mass is 32.2. The molecule has 110 valence electrons. The highest BCUT2D eigenvalue weighted by molar-refractivity contribution is 7.89. The summed E-state index contributed by atoms with van der Waals surface area (Å²) in [5.74, 6) is 0.528. The van der Waals surface area contributed by atoms with Crippen LogP contribution in [0.2, 0.25) is 0 Å². The fourth-order valence-corrected chi connectivity index (χ4v) is 2.66. The molecule has 0 saturated heterocycles. The van der Waals surface area contributed by atoms with Crippen molar-refractivity contribution in [2.24, 2.45) is 0 Å². The minimum absolute atomic E-state index is 0.0958. The monoisotopic (exact) mass is 306 g/mol. The Kier molecular flexibility index (Phi) is 3.40. The molecule has 7 nitrogen and oxygen atoms in total. The van der Waals surface area contributed by atoms with Crippen LogP contribution < -0.4 is 10.0 Å². The molecule has 0 aliphatic rings. The van der Waals surface area contributed by atoms with E-state index < -0.39 is 10.0 Å². The first-order chi connectivity index (χ1) is 10.1. The van der Waals surface area contributed by atoms with Gasteiger partial charge in [-0.1, -0.05) is 12.1 Å². The number of aromatic nitrogens is 2. The molecule has 21 heavy (non-hydrogen) atoms. The number of sulfonamides is 1. The number of benzene rings is 1. The van der Waals surface area contributed by atoms with Crippen molar-refractivity contribution in [1.82, 2.24) is 14.9 Å². The van der Waals surface area contributed by atoms with E-state index in [9.17, 15) is 8.42 Å². The number of anilines is 1. The second-order valence-electron chi connectivity index (χ2n) is 4.42. The molecule has 3 N–H and O–H groups in total. The first-order valence-corrected chi connectivity index (χ1v) is 7.77. The molecular weight excluding hydrogens is 292 g/mol. The van der Waals surface area contributed by atoms with E-state index in [-0.39, 0.29) is 5.09 Å². The van der Waals surface area contributed by atoms with Crippen LogP contribution in [0.5, 0.6) is 0 Å². The number of H-pyrrole nitrogens is 1. The number of nitrogens with zero attached hydrogens (tertiary/aromatic N) is 1. The normalized spacial score (nSPS) is 11.9. The lowest BCUT2D eigenvalue weighted by Crippen LogP contribution is -2.17. The molecule has 0 bridgehead atoms. The van der Waals surface area contributed by atoms with Gasteiger partial charge in [0.25, 0.3) is 10.0 Å². The van der Waals surface area contributed by atoms with Gasteiger partial charge in [0.1, 0.15) is 5.76 Å². The lowest BCUT2D eigenvalue weighted by atomic mass is 10.2. The van der Waals surface area contributed by atoms with Crippen molar-refractivity contribution in [3.63, 3.8) is 0 Å². The smallest absolute Gasteiger partial charge is 0.273 e. The fraction of sp³-hybridized carbons (Fsp3) is 0.154. The van der Waals surface area contributed by atoms with Gasteiger partial charge < -0.3 is 9.73 Å². The molecule has 3 aromatic rings. The summed E-state index contributed by atoms with van der Waals surface area (Å²) in [6.07, 6.45) is 1.74. The van der Waals surface area contributed by atoms with Crippen LogP contribution in [0.4, 0.5) is 5.69 Å². The molecule has 2 aromatic heterocycles. The number of rotatable bonds is 5. The lowest BCUT2D eigenvalue weighted by Gasteiger charge is -2.05. The zero-order valence-corrected chi connectivity index (χ0v) is 12.1. The maximum Gasteiger partial charge on any atom is 0.273 e. The van der Waals surface area contributed by atoms with Crippen molar-refractivity contribution >= 4 is 26.6 Å². The van der Waals surface area contributed by atoms with E-state index in [1.807, 2.05) is 18.2 Å². The van der Waals surface area contributed by atoms with Crippen molar-refractivity contribution in [2.45, 2.75) is 11.6 Å². The molecule has 3 rings (SSSR count). The Bertz CT molecular complexity index is 866. The van der Waals surface area contributed by atoms with Gasteiger partial charge >= 0.3 is 0 Å². The number of aromatic amines is 1. The molecular formula is C13H14N4O3S. The molecule has 2 heterocycles. The van der Waals surface area contributed by atoms with E-state index in [0.29, 0.717) is 12.3 Å². The summed E-state index contributed by atoms with van der Waals surface area (Å²) in [5.41, 5.74) is 1.77. The van der Waals surface area contributed by atoms with Crippen LogP contribution in [0.15, 0.2) is 46.0 Å². The van der Waals surface area contributed by atoms with Gasteiger partial charge in [-0.2, -0.15) is 5.10 Å². The van der Waals surface area contributed by atoms with Gasteiger partial charge in [-0.05, 0) is 25.2 Å². The SMILES string of the molecule is CNS(=O)(=O)c1ccc(CNc2cccc3cn[nH]c23)o1. The minimum atomic E-state index is -3.55. The van der Waals surface area contributed by atoms with Gasteiger partial charge in [0, 0.05) is 5.39 Å². The number of hydrogen-bond acceptors (Lipinski definition) is 5. The standard InChI is InChI=1S/C13H14N4O3S/c1-14-21(18,19)12-6-5-10(20-12)8-15-11-4-2-3-9-7-16-17-13(9)11/h2-7,14-15H,8H2,1H3,(H,16,17). The van der Waals surface area contributed by atoms with Crippen LogP contribution >= 0.6 is 0 Å². The summed E-state index contributed by atoms with van der Waals surface area (Å²) in [7, 11) is -2.20. The molecule has 8 heteroatoms. The van der Waals surface area contributed by atoms with Gasteiger partial charge in [-0.25, -0.2) is 13.1 Å². The molecule has 0 atom stereocenters. The first kappa shape index (κ1) is 13.7. The van der Waals surface area contributed by atoms with Gasteiger partial charge in [-0.15, -0.1) is 0 Å². The zero-order valence-electron chi connectivity index (χ0n) is 11.3. The molecule has 0 aliphatic carbocycles. The van der Waals surface area contributed by atoms with Crippen LogP contribution in [0.25, 0.3) is 10.9 Å². The molecule has 0 aliphatic heterocycles. The average Bonchev–Trinajstić information content (AvgIpc) is 3.14. The van der Waals surface area contributed by atoms with E-state index in [2.05, 4.69) is 20.2 Å². The van der Waals surface area contributed by atoms with Crippen LogP contribution in [-0.4, -0.2) is 25.7 Å². The Balaban J connectivity index is 1.78. The Labute approximate surface area is 121 Å². The summed E-state index contributed by atoms with van der Waals surface area (Å²) < 4.78 is 30.7. The van der Waals surface area contributed by atoms with Crippen molar-refractivity contribution in [3.8, 4) is 0 Å². The van der Waals surface area contributed by atoms with E-state index in [0.717, 1.165) is 16.6 Å². The maximum atomic E-state index is 11.6. The van der Waals surface area contributed by atoms with Gasteiger partial charge in [0.05, 0.1) is 23.9 Å². The number of hydrogen-bond donors (Lipinski definition) is 3. The second-order valence-corrected chi connectivity index (χ2v) is 6.24. The highest BCUT2D eigenvalue weighted by Crippen LogP contribution is 2.21. The summed E-state index contributed by atoms with van der Waals surface area (Å²) >= 11 is 0. The van der Waals surface area contributed by atoms with Crippen LogP contribution in [0, 0.1) is 0 Å². The molecule has 0 spiro atoms. The third kappa shape index (κ3) is 2.63. The van der Waals surface area contributed by atoms with E-state index >= 15 is 0 Å². The quantitative estimate of drug-likeness (QED) is 0.666. The fourth-order valence-electron chi connectivity index (χ4n) is 2.00. The number of furan rings is 1. The van der Waals surface area contributed by atoms with Crippen LogP contribution in [0.3, 0.4) is 0 Å². The summed E-state index contributed by atoms with van der Waals surface area (Å²) in [6.45, 7) is 0.372. The third-order valence-corrected chi connectivity index (χ3v) is 4.39. The zero-order chi connectivity index (χ0) is 14.9. The van der Waals surface area contributed by atoms with Crippen LogP contribution in [-0.2, 0) is 16.6 Å². The molecule has 0 amide bonds. The summed E-state index contributed by atoms with van der Waals surface area (Å²) in [5, 5.41) is 11.0. The van der Waals surface area contributed by atoms with E-state index in [1.54, 1.807) is 12.3 Å². The van der Waals surface area contributed by atoms with Crippen LogP contribution in [0.1, 0.15) is 5.76 Å². The maximum absolute atomic E-state index is 11.6. The lowest BCUT2D eigenvalue weighted by molar-refractivity contribution is 0.417. The minimum Gasteiger partial charge on any atom is -0.446 e. The summed E-state index contributed by atoms with van der Waals surface area (Å²) in [4.78, 5) is 0. The topological polar surface area (TPSA) is 100 Å². The third-order valence-electron chi connectivity index (χ3n) is 3.10. The Morgan fingerprint density at radius 2 is 2.14 bits per heavy atom. The number of nitrogens with one attached hydrogen (secondary N) is 3. The summed E-state index contributed by atoms with van der Waals surface area (Å²) in [6, 6.07) is 8.84. The number of para-hydroxylation sites is 1. The second kappa shape index (κ2) is 5.23. The average molecular weight is 306 g/mol. The van der Waals surface area contributed by atoms with E-state index in [1.165, 1.54) is 13.1 Å². The Morgan fingerprint density at radius 3 is 2.95 bits per heavy atom. The Morgan fingerprint density at radius 1 is 1.29 bits per heavy atom. The van der Waals surface area contributed by atoms with E-state index in [4.69, 9.17) is 4.42 Å². The molecule has 0 fully saturated rings. The van der Waals surface area contributed by atoms with Crippen molar-refractivity contribution in [3.05, 3.63) is 42.3 Å². The number of fused-ring (bicyclic) bond motifs is 1. The molecule has 0 radical (unpaired) electrons. The predicted octanol–water partition coefficient (Wildman–Crippen LogP) is 1.68. The van der Waals surface area contributed by atoms with Gasteiger partial charge in [0.15, 0.2) is 0 Å². The molecule has 0 unspecified atom stereocenters. The van der Waals surface area contributed by atoms with Crippen molar-refractivity contribution in [2.75, 3.05) is 12.4 Å². The molecule has 0 saturated carbocycles. The largest absolute Gasteiger partial charge is 0.446 e. The first-order valence-electron chi connectivity index (χ1n) is 6.28. The predicted molar refractivity (Wildman–Crippen MR) is 78.4 cm³/mol. The highest BCUT2D eigenvalue weighted by Gasteiger charge is 2.16.